The molecule has 0 unspecified atom stereocenters. The number of aliphatic hydroxyl groups excluding tert-OH is 1. The van der Waals surface area contributed by atoms with Gasteiger partial charge in [-0.05, 0) is 193 Å². The normalized spacial score (nSPS) is 15.0. The molecule has 3 aromatic carbocycles. The first kappa shape index (κ1) is 92.8. The molecule has 0 spiro atoms. The van der Waals surface area contributed by atoms with Gasteiger partial charge in [0.1, 0.15) is 60.4 Å². The van der Waals surface area contributed by atoms with Crippen LogP contribution in [0.25, 0.3) is 10.8 Å². The fraction of sp³-hybridized carbons (Fsp3) is 0.506. The molecule has 0 saturated carbocycles. The van der Waals surface area contributed by atoms with Crippen LogP contribution in [0, 0.1) is 0 Å². The second-order valence-electron chi connectivity index (χ2n) is 30.2. The van der Waals surface area contributed by atoms with Crippen LogP contribution in [0.1, 0.15) is 160 Å². The highest BCUT2D eigenvalue weighted by Crippen LogP contribution is 2.23. The third-order valence-electron chi connectivity index (χ3n) is 19.9. The van der Waals surface area contributed by atoms with Gasteiger partial charge < -0.3 is 84.9 Å². The van der Waals surface area contributed by atoms with Crippen molar-refractivity contribution in [2.24, 2.45) is 5.73 Å². The predicted molar refractivity (Wildman–Crippen MR) is 444 cm³/mol. The van der Waals surface area contributed by atoms with Crippen molar-refractivity contribution < 1.29 is 57.8 Å². The predicted octanol–water partition coefficient (Wildman–Crippen LogP) is 3.83. The number of likely N-dealkylation sites (tertiary alicyclic amines) is 1. The summed E-state index contributed by atoms with van der Waals surface area (Å²) in [6.45, 7) is 13.0. The van der Waals surface area contributed by atoms with Gasteiger partial charge in [-0.25, -0.2) is 0 Å². The van der Waals surface area contributed by atoms with E-state index in [0.717, 1.165) is 27.7 Å². The summed E-state index contributed by atoms with van der Waals surface area (Å²) in [6.07, 6.45) is 11.0. The minimum absolute atomic E-state index is 0.0196. The maximum atomic E-state index is 15.3. The zero-order chi connectivity index (χ0) is 83.7. The molecule has 16 N–H and O–H groups in total. The van der Waals surface area contributed by atoms with Gasteiger partial charge in [-0.15, -0.1) is 0 Å². The van der Waals surface area contributed by atoms with E-state index in [0.29, 0.717) is 120 Å². The largest absolute Gasteiger partial charge is 0.394 e. The summed E-state index contributed by atoms with van der Waals surface area (Å²) < 4.78 is 0. The number of aromatic nitrogens is 3. The van der Waals surface area contributed by atoms with Gasteiger partial charge >= 0.3 is 0 Å². The smallest absolute Gasteiger partial charge is 0.245 e. The van der Waals surface area contributed by atoms with Crippen LogP contribution >= 0.6 is 11.6 Å². The molecule has 1 saturated heterocycles. The zero-order valence-corrected chi connectivity index (χ0v) is 68.3. The number of fused-ring (bicyclic) bond motifs is 1. The van der Waals surface area contributed by atoms with Gasteiger partial charge in [0.15, 0.2) is 0 Å². The molecule has 1 aliphatic rings. The molecular formula is C85H119ClN18O12. The van der Waals surface area contributed by atoms with E-state index >= 15 is 14.4 Å². The fourth-order valence-electron chi connectivity index (χ4n) is 13.5. The number of unbranched alkanes of at least 4 members (excludes halogenated alkanes) is 4. The first-order valence-corrected chi connectivity index (χ1v) is 40.9. The van der Waals surface area contributed by atoms with Crippen molar-refractivity contribution in [2.75, 3.05) is 39.3 Å². The maximum absolute atomic E-state index is 15.3. The number of aliphatic hydroxyl groups is 1. The highest BCUT2D eigenvalue weighted by atomic mass is 35.5. The first-order valence-electron chi connectivity index (χ1n) is 40.5. The van der Waals surface area contributed by atoms with Crippen molar-refractivity contribution in [1.29, 1.82) is 0 Å². The minimum Gasteiger partial charge on any atom is -0.394 e. The Hall–Kier alpha value is -10.4. The zero-order valence-electron chi connectivity index (χ0n) is 67.6. The van der Waals surface area contributed by atoms with Crippen molar-refractivity contribution in [1.82, 2.24) is 89.0 Å². The Morgan fingerprint density at radius 1 is 0.466 bits per heavy atom. The lowest BCUT2D eigenvalue weighted by atomic mass is 9.99. The van der Waals surface area contributed by atoms with Crippen LogP contribution in [-0.2, 0) is 85.1 Å². The van der Waals surface area contributed by atoms with Crippen LogP contribution in [0.15, 0.2) is 140 Å². The Morgan fingerprint density at radius 2 is 0.905 bits per heavy atom. The number of nitrogens with two attached hydrogens (primary N) is 1. The number of benzene rings is 3. The van der Waals surface area contributed by atoms with Crippen molar-refractivity contribution >= 4 is 87.4 Å². The molecule has 628 valence electrons. The van der Waals surface area contributed by atoms with Gasteiger partial charge in [-0.1, -0.05) is 112 Å². The molecule has 0 bridgehead atoms. The monoisotopic (exact) mass is 1620 g/mol. The third-order valence-corrected chi connectivity index (χ3v) is 20.1. The van der Waals surface area contributed by atoms with E-state index < -0.39 is 132 Å². The van der Waals surface area contributed by atoms with Crippen LogP contribution in [-0.4, -0.2) is 202 Å². The van der Waals surface area contributed by atoms with Crippen molar-refractivity contribution in [3.8, 4) is 0 Å². The molecule has 11 amide bonds. The summed E-state index contributed by atoms with van der Waals surface area (Å²) in [5.74, 6) is -8.04. The highest BCUT2D eigenvalue weighted by molar-refractivity contribution is 6.30. The van der Waals surface area contributed by atoms with E-state index in [9.17, 15) is 43.5 Å². The van der Waals surface area contributed by atoms with Gasteiger partial charge in [-0.2, -0.15) is 0 Å². The van der Waals surface area contributed by atoms with Gasteiger partial charge in [-0.3, -0.25) is 67.7 Å². The molecule has 0 radical (unpaired) electrons. The average molecular weight is 1620 g/mol. The van der Waals surface area contributed by atoms with E-state index in [1.807, 2.05) is 107 Å². The maximum Gasteiger partial charge on any atom is 0.245 e. The van der Waals surface area contributed by atoms with Crippen LogP contribution in [0.2, 0.25) is 5.02 Å². The van der Waals surface area contributed by atoms with Crippen molar-refractivity contribution in [3.05, 3.63) is 173 Å². The average Bonchev–Trinajstić information content (AvgIpc) is 1.60. The molecule has 116 heavy (non-hydrogen) atoms. The van der Waals surface area contributed by atoms with Gasteiger partial charge in [0.05, 0.1) is 18.0 Å². The number of nitrogens with one attached hydrogen (secondary N) is 13. The third kappa shape index (κ3) is 33.1. The van der Waals surface area contributed by atoms with Crippen LogP contribution < -0.4 is 74.9 Å². The van der Waals surface area contributed by atoms with E-state index in [2.05, 4.69) is 84.1 Å². The molecule has 1 fully saturated rings. The number of rotatable bonds is 52. The lowest BCUT2D eigenvalue weighted by Crippen LogP contribution is -2.61. The number of hydrogen-bond acceptors (Lipinski definition) is 19. The summed E-state index contributed by atoms with van der Waals surface area (Å²) in [6, 6.07) is 21.8. The summed E-state index contributed by atoms with van der Waals surface area (Å²) in [5, 5.41) is 52.0. The number of nitrogens with zero attached hydrogens (tertiary/aromatic N) is 4. The molecule has 4 heterocycles. The highest BCUT2D eigenvalue weighted by Gasteiger charge is 2.40. The van der Waals surface area contributed by atoms with Crippen molar-refractivity contribution in [2.45, 2.75) is 236 Å². The second kappa shape index (κ2) is 50.2. The standard InChI is InChI=1S/C85H119ClN18O12/c1-55(2)91-42-19-13-30-69(79(110)100-70(31-14-20-43-92-56(3)4)85(116)104-46-22-32-75(104)84(115)95-57(5)76(87)107)98-77(108)67(28-11-15-39-89-52-65-26-9-17-44-93-65)97-78(109)68(29-12-16-40-90-53-66-27-10-18-45-94-66)99-83(114)74(54-105)103-82(113)73(50-61-23-21-41-88-51-61)102-81(112)72(48-59-34-37-64(86)38-35-59)101-80(111)71(96-58(6)106)49-60-33-36-62-24-7-8-25-63(62)47-60/h7-10,17-18,21,23-27,33-38,41,44-45,47,51,55-57,67-75,89-92,105H,11-16,19-20,22,28-32,39-40,42-43,46,48-50,52-54H2,1-6H3,(H2,87,107)(H,95,115)(H,96,106)(H,97,109)(H,98,108)(H,99,114)(H,100,110)(H,101,111)(H,102,112)(H,103,113)/t57-,67+,68+,69+,70+,71-,72-,73-,74+,75-/m1/s1. The van der Waals surface area contributed by atoms with E-state index in [1.54, 1.807) is 48.8 Å². The quantitative estimate of drug-likeness (QED) is 0.0241. The molecule has 0 aliphatic carbocycles. The number of amides is 11. The lowest BCUT2D eigenvalue weighted by Gasteiger charge is -2.31. The Morgan fingerprint density at radius 3 is 1.39 bits per heavy atom. The molecule has 7 rings (SSSR count). The summed E-state index contributed by atoms with van der Waals surface area (Å²) in [7, 11) is 0. The molecule has 1 aliphatic heterocycles. The summed E-state index contributed by atoms with van der Waals surface area (Å²) >= 11 is 6.29. The Kier molecular flexibility index (Phi) is 40.1. The Labute approximate surface area is 685 Å². The lowest BCUT2D eigenvalue weighted by molar-refractivity contribution is -0.142. The van der Waals surface area contributed by atoms with Gasteiger partial charge in [0, 0.05) is 87.7 Å². The second-order valence-corrected chi connectivity index (χ2v) is 30.6. The number of hydrogen-bond donors (Lipinski definition) is 15. The van der Waals surface area contributed by atoms with Crippen LogP contribution in [0.4, 0.5) is 0 Å². The van der Waals surface area contributed by atoms with E-state index in [1.165, 1.54) is 31.1 Å². The summed E-state index contributed by atoms with van der Waals surface area (Å²) in [5.41, 5.74) is 8.88. The number of pyridine rings is 3. The van der Waals surface area contributed by atoms with Crippen LogP contribution in [0.3, 0.4) is 0 Å². The first-order chi connectivity index (χ1) is 55.8. The van der Waals surface area contributed by atoms with E-state index in [-0.39, 0.29) is 63.6 Å². The minimum atomic E-state index is -1.76. The number of halogens is 1. The Balaban J connectivity index is 1.16. The number of primary amides is 1. The molecule has 30 nitrogen and oxygen atoms in total. The SMILES string of the molecule is CC(=O)N[C@H](Cc1ccc2ccccc2c1)C(=O)N[C@H](Cc1ccc(Cl)cc1)C(=O)N[C@H](Cc1cccnc1)C(=O)N[C@@H](CO)C(=O)N[C@@H](CCCCNCc1ccccn1)C(=O)N[C@@H](CCCCNCc1ccccn1)C(=O)N[C@@H](CCCCNC(C)C)C(=O)N[C@@H](CCCCNC(C)C)C(=O)N1CCC[C@@H]1C(=O)N[C@H](C)C(N)=O. The van der Waals surface area contributed by atoms with Gasteiger partial charge in [0.2, 0.25) is 65.0 Å². The Bertz CT molecular complexity index is 4100. The molecule has 31 heteroatoms. The van der Waals surface area contributed by atoms with Gasteiger partial charge in [0.25, 0.3) is 0 Å². The molecule has 10 atom stereocenters. The van der Waals surface area contributed by atoms with Crippen molar-refractivity contribution in [3.63, 3.8) is 0 Å². The molecule has 3 aromatic heterocycles. The van der Waals surface area contributed by atoms with E-state index in [4.69, 9.17) is 17.3 Å². The number of carbonyl (C=O) groups is 11. The topological polar surface area (TPSA) is 432 Å². The summed E-state index contributed by atoms with van der Waals surface area (Å²) in [4.78, 5) is 173. The fourth-order valence-corrected chi connectivity index (χ4v) is 13.6. The molecule has 6 aromatic rings. The van der Waals surface area contributed by atoms with Crippen LogP contribution in [0.5, 0.6) is 0 Å². The molecular weight excluding hydrogens is 1500 g/mol. The number of carbonyl (C=O) groups excluding carboxylic acids is 11.